The van der Waals surface area contributed by atoms with Gasteiger partial charge in [0.15, 0.2) is 6.29 Å². The summed E-state index contributed by atoms with van der Waals surface area (Å²) in [4.78, 5) is 22.0. The molecule has 0 spiro atoms. The predicted molar refractivity (Wildman–Crippen MR) is 224 cm³/mol. The summed E-state index contributed by atoms with van der Waals surface area (Å²) in [6, 6.07) is 18.9. The fraction of sp³-hybridized carbons (Fsp3) is 0.386. The molecule has 2 nitrogen and oxygen atoms in total. The third kappa shape index (κ3) is 7.32. The third-order valence-electron chi connectivity index (χ3n) is 10.1. The van der Waals surface area contributed by atoms with Crippen molar-refractivity contribution in [2.45, 2.75) is 104 Å². The molecule has 1 unspecified atom stereocenters. The Kier molecular flexibility index (Phi) is 11.7. The summed E-state index contributed by atoms with van der Waals surface area (Å²) in [5.74, 6) is 0. The van der Waals surface area contributed by atoms with Crippen LogP contribution in [0.25, 0.3) is 34.5 Å². The van der Waals surface area contributed by atoms with E-state index < -0.39 is 0 Å². The van der Waals surface area contributed by atoms with Crippen molar-refractivity contribution < 1.29 is 4.79 Å². The molecular formula is C44H49NOS4. The fourth-order valence-corrected chi connectivity index (χ4v) is 12.4. The monoisotopic (exact) mass is 735 g/mol. The first-order valence-corrected chi connectivity index (χ1v) is 22.1. The highest BCUT2D eigenvalue weighted by Gasteiger charge is 2.33. The maximum atomic E-state index is 11.4. The molecule has 260 valence electrons. The van der Waals surface area contributed by atoms with Crippen LogP contribution in [0.1, 0.15) is 116 Å². The molecule has 5 aromatic rings. The normalized spacial score (nSPS) is 15.3. The number of aldehydes is 1. The Hall–Kier alpha value is -3.03. The number of rotatable bonds is 17. The lowest BCUT2D eigenvalue weighted by atomic mass is 9.83. The minimum Gasteiger partial charge on any atom is -0.360 e. The Morgan fingerprint density at radius 1 is 0.680 bits per heavy atom. The average molecular weight is 736 g/mol. The summed E-state index contributed by atoms with van der Waals surface area (Å²) in [7, 11) is 0. The van der Waals surface area contributed by atoms with Crippen molar-refractivity contribution in [2.24, 2.45) is 0 Å². The zero-order valence-electron chi connectivity index (χ0n) is 29.8. The summed E-state index contributed by atoms with van der Waals surface area (Å²) in [5.41, 5.74) is 8.69. The molecule has 1 aliphatic carbocycles. The maximum absolute atomic E-state index is 11.4. The maximum Gasteiger partial charge on any atom is 0.160 e. The molecule has 1 aliphatic heterocycles. The summed E-state index contributed by atoms with van der Waals surface area (Å²) in [6.07, 6.45) is 25.1. The molecule has 6 heteroatoms. The number of fused-ring (bicyclic) bond motifs is 3. The van der Waals surface area contributed by atoms with Crippen LogP contribution in [0.3, 0.4) is 0 Å². The van der Waals surface area contributed by atoms with E-state index in [0.29, 0.717) is 0 Å². The van der Waals surface area contributed by atoms with Gasteiger partial charge in [0.05, 0.1) is 10.9 Å². The molecule has 0 radical (unpaired) electrons. The van der Waals surface area contributed by atoms with Gasteiger partial charge in [-0.05, 0) is 79.1 Å². The molecule has 0 fully saturated rings. The molecule has 0 amide bonds. The second kappa shape index (κ2) is 16.5. The van der Waals surface area contributed by atoms with Gasteiger partial charge in [0.2, 0.25) is 0 Å². The van der Waals surface area contributed by atoms with Crippen LogP contribution in [0.15, 0.2) is 78.4 Å². The lowest BCUT2D eigenvalue weighted by Crippen LogP contribution is -2.40. The zero-order valence-corrected chi connectivity index (χ0v) is 33.0. The molecule has 7 rings (SSSR count). The Balaban J connectivity index is 1.35. The molecule has 2 aliphatic rings. The van der Waals surface area contributed by atoms with E-state index in [-0.39, 0.29) is 6.04 Å². The number of hydrogen-bond acceptors (Lipinski definition) is 6. The second-order valence-corrected chi connectivity index (χ2v) is 18.0. The van der Waals surface area contributed by atoms with E-state index in [0.717, 1.165) is 30.5 Å². The highest BCUT2D eigenvalue weighted by Crippen LogP contribution is 2.51. The van der Waals surface area contributed by atoms with Crippen molar-refractivity contribution in [1.29, 1.82) is 0 Å². The Morgan fingerprint density at radius 2 is 1.36 bits per heavy atom. The fourth-order valence-electron chi connectivity index (χ4n) is 7.52. The van der Waals surface area contributed by atoms with E-state index in [1.54, 1.807) is 11.3 Å². The van der Waals surface area contributed by atoms with E-state index in [1.807, 2.05) is 34.0 Å². The summed E-state index contributed by atoms with van der Waals surface area (Å²) >= 11 is 7.47. The molecule has 50 heavy (non-hydrogen) atoms. The molecule has 1 aromatic carbocycles. The van der Waals surface area contributed by atoms with Crippen LogP contribution >= 0.6 is 45.3 Å². The van der Waals surface area contributed by atoms with Crippen molar-refractivity contribution in [3.8, 4) is 19.5 Å². The average Bonchev–Trinajstić information content (AvgIpc) is 3.93. The van der Waals surface area contributed by atoms with Gasteiger partial charge in [0.25, 0.3) is 0 Å². The number of anilines is 1. The van der Waals surface area contributed by atoms with Gasteiger partial charge < -0.3 is 4.90 Å². The lowest BCUT2D eigenvalue weighted by molar-refractivity contribution is 0.112. The smallest absolute Gasteiger partial charge is 0.160 e. The van der Waals surface area contributed by atoms with Gasteiger partial charge in [0, 0.05) is 57.2 Å². The minimum absolute atomic E-state index is 0.268. The number of thiophene rings is 4. The van der Waals surface area contributed by atoms with Gasteiger partial charge in [-0.3, -0.25) is 4.79 Å². The molecular weight excluding hydrogens is 687 g/mol. The van der Waals surface area contributed by atoms with Crippen LogP contribution < -0.4 is 4.90 Å². The van der Waals surface area contributed by atoms with E-state index in [4.69, 9.17) is 0 Å². The number of hydrogen-bond donors (Lipinski definition) is 0. The van der Waals surface area contributed by atoms with E-state index in [9.17, 15) is 4.79 Å². The van der Waals surface area contributed by atoms with Crippen LogP contribution in [0.4, 0.5) is 5.69 Å². The van der Waals surface area contributed by atoms with Crippen molar-refractivity contribution in [3.05, 3.63) is 105 Å². The van der Waals surface area contributed by atoms with E-state index in [2.05, 4.69) is 98.5 Å². The lowest BCUT2D eigenvalue weighted by Gasteiger charge is -2.40. The summed E-state index contributed by atoms with van der Waals surface area (Å²) in [6.45, 7) is 7.97. The molecule has 0 N–H and O–H groups in total. The van der Waals surface area contributed by atoms with Crippen molar-refractivity contribution in [1.82, 2.24) is 0 Å². The topological polar surface area (TPSA) is 20.3 Å². The zero-order chi connectivity index (χ0) is 34.5. The number of carbonyl (C=O) groups is 1. The van der Waals surface area contributed by atoms with E-state index in [1.165, 1.54) is 132 Å². The highest BCUT2D eigenvalue weighted by atomic mass is 32.1. The quantitative estimate of drug-likeness (QED) is 0.0700. The van der Waals surface area contributed by atoms with Gasteiger partial charge in [-0.1, -0.05) is 108 Å². The van der Waals surface area contributed by atoms with Crippen LogP contribution in [-0.2, 0) is 12.8 Å². The van der Waals surface area contributed by atoms with Gasteiger partial charge in [-0.25, -0.2) is 0 Å². The molecule has 0 bridgehead atoms. The van der Waals surface area contributed by atoms with Gasteiger partial charge >= 0.3 is 0 Å². The first-order valence-electron chi connectivity index (χ1n) is 18.8. The molecule has 1 atom stereocenters. The summed E-state index contributed by atoms with van der Waals surface area (Å²) in [5, 5.41) is 0. The third-order valence-corrected chi connectivity index (χ3v) is 15.1. The van der Waals surface area contributed by atoms with Gasteiger partial charge in [0.1, 0.15) is 0 Å². The first-order chi connectivity index (χ1) is 24.6. The molecule has 0 saturated carbocycles. The van der Waals surface area contributed by atoms with Crippen molar-refractivity contribution >= 4 is 72.3 Å². The number of nitrogens with zero attached hydrogens (tertiary/aromatic N) is 1. The number of unbranched alkanes of at least 4 members (excludes halogenated alkanes) is 7. The molecule has 5 heterocycles. The van der Waals surface area contributed by atoms with Crippen molar-refractivity contribution in [2.75, 3.05) is 11.4 Å². The standard InChI is InChI=1S/C44H49NOS4/c1-4-7-10-12-18-30-25-37(40-28-39-38(48-40)27-32(29-46)47-39)49-43(30)41-26-31(19-13-11-8-5-2)44(50-41)42-33-20-14-16-22-35(33)45(24-9-6-3)36-23-17-15-21-34(36)42/h14-17,20-23,25-29,35H,4-13,18-19,24H2,1-3H3. The van der Waals surface area contributed by atoms with Crippen LogP contribution in [-0.4, -0.2) is 18.9 Å². The van der Waals surface area contributed by atoms with E-state index >= 15 is 0 Å². The van der Waals surface area contributed by atoms with Gasteiger partial charge in [-0.2, -0.15) is 0 Å². The minimum atomic E-state index is 0.268. The number of aryl methyl sites for hydroxylation is 2. The number of benzene rings is 1. The summed E-state index contributed by atoms with van der Waals surface area (Å²) < 4.78 is 2.45. The largest absolute Gasteiger partial charge is 0.360 e. The second-order valence-electron chi connectivity index (χ2n) is 13.7. The van der Waals surface area contributed by atoms with Crippen LogP contribution in [0.5, 0.6) is 0 Å². The number of para-hydroxylation sites is 1. The van der Waals surface area contributed by atoms with Crippen molar-refractivity contribution in [3.63, 3.8) is 0 Å². The Labute approximate surface area is 314 Å². The van der Waals surface area contributed by atoms with Crippen LogP contribution in [0.2, 0.25) is 0 Å². The SMILES string of the molecule is CCCCCCc1cc(-c2sc(-c3cc4sc(C=O)cc4s3)cc2CCCCCC)sc1C1=C2C=CC=CC2N(CCCC)c2ccccc21. The molecule has 4 aromatic heterocycles. The number of carbonyl (C=O) groups excluding carboxylic acids is 1. The highest BCUT2D eigenvalue weighted by molar-refractivity contribution is 7.32. The Morgan fingerprint density at radius 3 is 2.10 bits per heavy atom. The predicted octanol–water partition coefficient (Wildman–Crippen LogP) is 14.4. The number of allylic oxidation sites excluding steroid dienone is 2. The Bertz CT molecular complexity index is 2000. The van der Waals surface area contributed by atoms with Gasteiger partial charge in [-0.15, -0.1) is 45.3 Å². The van der Waals surface area contributed by atoms with Crippen LogP contribution in [0, 0.1) is 0 Å². The molecule has 0 saturated heterocycles. The first kappa shape index (κ1) is 35.4.